The number of benzene rings is 2. The zero-order valence-corrected chi connectivity index (χ0v) is 21.6. The van der Waals surface area contributed by atoms with Crippen LogP contribution in [0.1, 0.15) is 36.4 Å². The summed E-state index contributed by atoms with van der Waals surface area (Å²) in [6.45, 7) is 2.70. The molecule has 1 unspecified atom stereocenters. The molecule has 5 rings (SSSR count). The Morgan fingerprint density at radius 1 is 1.05 bits per heavy atom. The maximum absolute atomic E-state index is 14.4. The third kappa shape index (κ3) is 5.29. The third-order valence-corrected chi connectivity index (χ3v) is 9.31. The van der Waals surface area contributed by atoms with E-state index in [1.807, 2.05) is 0 Å². The summed E-state index contributed by atoms with van der Waals surface area (Å²) in [5, 5.41) is 2.64. The Morgan fingerprint density at radius 3 is 2.39 bits per heavy atom. The molecule has 204 valence electrons. The van der Waals surface area contributed by atoms with Crippen molar-refractivity contribution in [3.63, 3.8) is 0 Å². The first-order valence-electron chi connectivity index (χ1n) is 12.5. The molecule has 38 heavy (non-hydrogen) atoms. The van der Waals surface area contributed by atoms with Crippen LogP contribution in [0.3, 0.4) is 0 Å². The lowest BCUT2D eigenvalue weighted by Gasteiger charge is -2.39. The molecule has 1 aliphatic carbocycles. The Balaban J connectivity index is 1.51. The number of carbonyl (C=O) groups is 2. The molecule has 1 N–H and O–H groups in total. The first-order chi connectivity index (χ1) is 18.0. The molecule has 8 nitrogen and oxygen atoms in total. The zero-order chi connectivity index (χ0) is 27.2. The predicted octanol–water partition coefficient (Wildman–Crippen LogP) is 3.00. The second-order valence-electron chi connectivity index (χ2n) is 10.2. The molecular formula is C26H29F3N4O4S. The monoisotopic (exact) mass is 550 g/mol. The summed E-state index contributed by atoms with van der Waals surface area (Å²) < 4.78 is 69.4. The number of amides is 2. The number of hydrogen-bond acceptors (Lipinski definition) is 4. The van der Waals surface area contributed by atoms with Crippen molar-refractivity contribution in [1.29, 1.82) is 0 Å². The highest BCUT2D eigenvalue weighted by atomic mass is 32.2. The number of halogens is 3. The van der Waals surface area contributed by atoms with E-state index in [0.29, 0.717) is 24.2 Å². The summed E-state index contributed by atoms with van der Waals surface area (Å²) in [6, 6.07) is 10.1. The highest BCUT2D eigenvalue weighted by Crippen LogP contribution is 2.39. The predicted molar refractivity (Wildman–Crippen MR) is 134 cm³/mol. The number of hydrogen-bond donors (Lipinski definition) is 1. The van der Waals surface area contributed by atoms with Crippen molar-refractivity contribution < 1.29 is 31.2 Å². The maximum Gasteiger partial charge on any atom is 0.282 e. The molecule has 2 aliphatic heterocycles. The second kappa shape index (κ2) is 9.97. The Bertz CT molecular complexity index is 1340. The van der Waals surface area contributed by atoms with Crippen LogP contribution in [0.15, 0.2) is 48.5 Å². The number of aryl methyl sites for hydroxylation is 1. The van der Waals surface area contributed by atoms with Crippen LogP contribution in [0.2, 0.25) is 0 Å². The van der Waals surface area contributed by atoms with Gasteiger partial charge in [-0.05, 0) is 42.7 Å². The van der Waals surface area contributed by atoms with Crippen LogP contribution in [0, 0.1) is 18.7 Å². The van der Waals surface area contributed by atoms with Crippen molar-refractivity contribution in [1.82, 2.24) is 13.9 Å². The van der Waals surface area contributed by atoms with E-state index < -0.39 is 64.6 Å². The Morgan fingerprint density at radius 2 is 1.76 bits per heavy atom. The minimum atomic E-state index is -3.66. The molecule has 0 spiro atoms. The van der Waals surface area contributed by atoms with E-state index in [4.69, 9.17) is 0 Å². The zero-order valence-electron chi connectivity index (χ0n) is 20.8. The summed E-state index contributed by atoms with van der Waals surface area (Å²) in [7, 11) is -3.66. The fourth-order valence-electron chi connectivity index (χ4n) is 5.13. The van der Waals surface area contributed by atoms with Crippen LogP contribution in [-0.4, -0.2) is 67.0 Å². The van der Waals surface area contributed by atoms with Gasteiger partial charge in [-0.1, -0.05) is 30.3 Å². The molecule has 2 heterocycles. The normalized spacial score (nSPS) is 22.5. The number of carbonyl (C=O) groups excluding carboxylic acids is 2. The standard InChI is InChI=1S/C26H29F3N4O4S/c1-17-5-2-3-8-22(17)23(24(34)30-20-14-26(28,29)15-20)33(21-7-4-6-19(27)13-21)25(35)18-9-10-32(16-18)38(36,37)31-11-12-31/h2-8,13,18,20,23H,9-12,14-16H2,1H3,(H,30,34)/t18-,23?/m1/s1. The number of nitrogens with one attached hydrogen (secondary N) is 1. The van der Waals surface area contributed by atoms with Crippen molar-refractivity contribution in [2.45, 2.75) is 44.2 Å². The van der Waals surface area contributed by atoms with Gasteiger partial charge in [-0.3, -0.25) is 14.5 Å². The molecule has 2 aromatic rings. The van der Waals surface area contributed by atoms with Gasteiger partial charge in [-0.2, -0.15) is 17.0 Å². The maximum atomic E-state index is 14.4. The van der Waals surface area contributed by atoms with Crippen molar-refractivity contribution in [2.24, 2.45) is 5.92 Å². The molecule has 3 fully saturated rings. The lowest BCUT2D eigenvalue weighted by atomic mass is 9.87. The molecule has 2 atom stereocenters. The molecule has 2 aromatic carbocycles. The Hall–Kier alpha value is -2.96. The van der Waals surface area contributed by atoms with Gasteiger partial charge >= 0.3 is 0 Å². The van der Waals surface area contributed by atoms with Crippen LogP contribution < -0.4 is 10.2 Å². The fourth-order valence-corrected chi connectivity index (χ4v) is 6.71. The van der Waals surface area contributed by atoms with Crippen molar-refractivity contribution in [2.75, 3.05) is 31.1 Å². The minimum absolute atomic E-state index is 0.0690. The highest BCUT2D eigenvalue weighted by molar-refractivity contribution is 7.87. The van der Waals surface area contributed by atoms with Gasteiger partial charge in [0.05, 0.1) is 5.92 Å². The van der Waals surface area contributed by atoms with Gasteiger partial charge in [-0.15, -0.1) is 0 Å². The van der Waals surface area contributed by atoms with Gasteiger partial charge in [0.2, 0.25) is 11.8 Å². The first-order valence-corrected chi connectivity index (χ1v) is 13.9. The number of nitrogens with zero attached hydrogens (tertiary/aromatic N) is 3. The second-order valence-corrected chi connectivity index (χ2v) is 12.1. The minimum Gasteiger partial charge on any atom is -0.351 e. The Labute approximate surface area is 219 Å². The summed E-state index contributed by atoms with van der Waals surface area (Å²) in [5.41, 5.74) is 1.25. The SMILES string of the molecule is Cc1ccccc1C(C(=O)NC1CC(F)(F)C1)N(C(=O)[C@@H]1CCN(S(=O)(=O)N2CC2)C1)c1cccc(F)c1. The molecule has 0 aromatic heterocycles. The van der Waals surface area contributed by atoms with Crippen molar-refractivity contribution in [3.05, 3.63) is 65.5 Å². The largest absolute Gasteiger partial charge is 0.351 e. The number of alkyl halides is 2. The van der Waals surface area contributed by atoms with E-state index in [1.165, 1.54) is 31.7 Å². The lowest BCUT2D eigenvalue weighted by Crippen LogP contribution is -2.54. The van der Waals surface area contributed by atoms with Crippen LogP contribution in [0.25, 0.3) is 0 Å². The molecule has 3 aliphatic rings. The van der Waals surface area contributed by atoms with E-state index in [9.17, 15) is 31.2 Å². The Kier molecular flexibility index (Phi) is 6.99. The van der Waals surface area contributed by atoms with E-state index in [2.05, 4.69) is 5.32 Å². The van der Waals surface area contributed by atoms with Crippen LogP contribution >= 0.6 is 0 Å². The summed E-state index contributed by atoms with van der Waals surface area (Å²) in [4.78, 5) is 29.0. The topological polar surface area (TPSA) is 89.8 Å². The highest BCUT2D eigenvalue weighted by Gasteiger charge is 2.48. The smallest absolute Gasteiger partial charge is 0.282 e. The van der Waals surface area contributed by atoms with Gasteiger partial charge in [0.1, 0.15) is 11.9 Å². The molecule has 0 radical (unpaired) electrons. The molecule has 2 saturated heterocycles. The average Bonchev–Trinajstić information content (AvgIpc) is 3.58. The van der Waals surface area contributed by atoms with Gasteiger partial charge in [0, 0.05) is 50.7 Å². The van der Waals surface area contributed by atoms with Gasteiger partial charge < -0.3 is 5.32 Å². The van der Waals surface area contributed by atoms with Crippen LogP contribution in [0.4, 0.5) is 18.9 Å². The summed E-state index contributed by atoms with van der Waals surface area (Å²) >= 11 is 0. The van der Waals surface area contributed by atoms with E-state index in [-0.39, 0.29) is 25.2 Å². The molecular weight excluding hydrogens is 521 g/mol. The van der Waals surface area contributed by atoms with Crippen LogP contribution in [-0.2, 0) is 19.8 Å². The van der Waals surface area contributed by atoms with E-state index in [1.54, 1.807) is 31.2 Å². The molecule has 12 heteroatoms. The first kappa shape index (κ1) is 26.6. The molecule has 2 amide bonds. The van der Waals surface area contributed by atoms with E-state index >= 15 is 0 Å². The lowest BCUT2D eigenvalue weighted by molar-refractivity contribution is -0.133. The summed E-state index contributed by atoms with van der Waals surface area (Å²) in [6.07, 6.45) is -0.771. The van der Waals surface area contributed by atoms with Crippen molar-refractivity contribution >= 4 is 27.7 Å². The van der Waals surface area contributed by atoms with Crippen LogP contribution in [0.5, 0.6) is 0 Å². The van der Waals surface area contributed by atoms with E-state index in [0.717, 1.165) is 6.07 Å². The number of rotatable bonds is 8. The molecule has 1 saturated carbocycles. The average molecular weight is 551 g/mol. The number of anilines is 1. The third-order valence-electron chi connectivity index (χ3n) is 7.31. The van der Waals surface area contributed by atoms with Gasteiger partial charge in [0.15, 0.2) is 0 Å². The summed E-state index contributed by atoms with van der Waals surface area (Å²) in [5.74, 6) is -5.46. The fraction of sp³-hybridized carbons (Fsp3) is 0.462. The van der Waals surface area contributed by atoms with Gasteiger partial charge in [0.25, 0.3) is 16.1 Å². The van der Waals surface area contributed by atoms with Crippen molar-refractivity contribution in [3.8, 4) is 0 Å². The van der Waals surface area contributed by atoms with Gasteiger partial charge in [-0.25, -0.2) is 13.2 Å². The molecule has 0 bridgehead atoms. The quantitative estimate of drug-likeness (QED) is 0.512.